The quantitative estimate of drug-likeness (QED) is 0.826. The Morgan fingerprint density at radius 2 is 1.96 bits per heavy atom. The van der Waals surface area contributed by atoms with Crippen molar-refractivity contribution in [2.75, 3.05) is 16.8 Å². The predicted octanol–water partition coefficient (Wildman–Crippen LogP) is 4.20. The van der Waals surface area contributed by atoms with Gasteiger partial charge in [-0.25, -0.2) is 8.42 Å². The first-order valence-corrected chi connectivity index (χ1v) is 10.5. The fourth-order valence-corrected chi connectivity index (χ4v) is 4.95. The van der Waals surface area contributed by atoms with Gasteiger partial charge in [0.2, 0.25) is 5.91 Å². The number of carbonyl (C=O) groups is 1. The van der Waals surface area contributed by atoms with Gasteiger partial charge in [0.1, 0.15) is 5.75 Å². The molecule has 138 valence electrons. The van der Waals surface area contributed by atoms with Gasteiger partial charge in [-0.2, -0.15) is 0 Å². The summed E-state index contributed by atoms with van der Waals surface area (Å²) in [7, 11) is -3.00. The van der Waals surface area contributed by atoms with E-state index in [-0.39, 0.29) is 29.8 Å². The normalized spacial score (nSPS) is 18.5. The smallest absolute Gasteiger partial charge is 0.224 e. The summed E-state index contributed by atoms with van der Waals surface area (Å²) in [6.07, 6.45) is 0.688. The third kappa shape index (κ3) is 4.99. The molecule has 1 fully saturated rings. The number of amides is 1. The Labute approximate surface area is 158 Å². The van der Waals surface area contributed by atoms with Crippen LogP contribution in [-0.4, -0.2) is 25.8 Å². The highest BCUT2D eigenvalue weighted by molar-refractivity contribution is 7.91. The van der Waals surface area contributed by atoms with E-state index in [4.69, 9.17) is 16.3 Å². The summed E-state index contributed by atoms with van der Waals surface area (Å²) in [5.74, 6) is 0.969. The molecule has 0 radical (unpaired) electrons. The van der Waals surface area contributed by atoms with Crippen molar-refractivity contribution in [1.29, 1.82) is 0 Å². The number of anilines is 1. The molecule has 1 aliphatic heterocycles. The van der Waals surface area contributed by atoms with Crippen molar-refractivity contribution in [1.82, 2.24) is 0 Å². The van der Waals surface area contributed by atoms with Crippen LogP contribution < -0.4 is 10.1 Å². The van der Waals surface area contributed by atoms with Gasteiger partial charge in [-0.05, 0) is 49.6 Å². The lowest BCUT2D eigenvalue weighted by Crippen LogP contribution is -2.17. The minimum absolute atomic E-state index is 0.0721. The molecule has 26 heavy (non-hydrogen) atoms. The zero-order valence-electron chi connectivity index (χ0n) is 14.4. The Morgan fingerprint density at radius 3 is 2.62 bits per heavy atom. The number of aryl methyl sites for hydroxylation is 1. The second-order valence-electron chi connectivity index (χ2n) is 6.58. The lowest BCUT2D eigenvalue weighted by atomic mass is 10.0. The summed E-state index contributed by atoms with van der Waals surface area (Å²) in [6, 6.07) is 12.6. The minimum Gasteiger partial charge on any atom is -0.455 e. The van der Waals surface area contributed by atoms with E-state index in [9.17, 15) is 13.2 Å². The molecule has 1 heterocycles. The number of carbonyl (C=O) groups excluding carboxylic acids is 1. The van der Waals surface area contributed by atoms with Gasteiger partial charge in [-0.1, -0.05) is 29.3 Å². The number of hydrogen-bond donors (Lipinski definition) is 1. The van der Waals surface area contributed by atoms with Crippen LogP contribution in [0.5, 0.6) is 11.5 Å². The molecule has 0 bridgehead atoms. The van der Waals surface area contributed by atoms with E-state index < -0.39 is 9.84 Å². The third-order valence-electron chi connectivity index (χ3n) is 4.27. The molecule has 1 aliphatic rings. The van der Waals surface area contributed by atoms with E-state index in [0.29, 0.717) is 28.6 Å². The Balaban J connectivity index is 1.71. The minimum atomic E-state index is -3.00. The van der Waals surface area contributed by atoms with E-state index in [2.05, 4.69) is 5.32 Å². The van der Waals surface area contributed by atoms with Gasteiger partial charge in [-0.3, -0.25) is 4.79 Å². The summed E-state index contributed by atoms with van der Waals surface area (Å²) in [6.45, 7) is 1.99. The molecule has 3 rings (SSSR count). The molecule has 1 unspecified atom stereocenters. The number of nitrogens with one attached hydrogen (secondary N) is 1. The molecule has 1 N–H and O–H groups in total. The highest BCUT2D eigenvalue weighted by atomic mass is 35.5. The van der Waals surface area contributed by atoms with Gasteiger partial charge >= 0.3 is 0 Å². The Hall–Kier alpha value is -2.05. The highest BCUT2D eigenvalue weighted by Crippen LogP contribution is 2.33. The molecule has 1 amide bonds. The fraction of sp³-hybridized carbons (Fsp3) is 0.316. The maximum Gasteiger partial charge on any atom is 0.224 e. The number of halogens is 1. The van der Waals surface area contributed by atoms with Crippen LogP contribution in [0.15, 0.2) is 42.5 Å². The fourth-order valence-electron chi connectivity index (χ4n) is 2.92. The van der Waals surface area contributed by atoms with Crippen molar-refractivity contribution >= 4 is 33.0 Å². The lowest BCUT2D eigenvalue weighted by molar-refractivity contribution is -0.116. The van der Waals surface area contributed by atoms with Crippen LogP contribution in [0.2, 0.25) is 5.02 Å². The molecular weight excluding hydrogens is 374 g/mol. The van der Waals surface area contributed by atoms with Crippen LogP contribution in [0.1, 0.15) is 18.4 Å². The second-order valence-corrected chi connectivity index (χ2v) is 9.24. The van der Waals surface area contributed by atoms with Crippen molar-refractivity contribution in [3.05, 3.63) is 53.1 Å². The van der Waals surface area contributed by atoms with Crippen LogP contribution in [0.25, 0.3) is 0 Å². The Kier molecular flexibility index (Phi) is 5.53. The van der Waals surface area contributed by atoms with Crippen molar-refractivity contribution in [2.24, 2.45) is 5.92 Å². The summed E-state index contributed by atoms with van der Waals surface area (Å²) in [4.78, 5) is 12.3. The third-order valence-corrected chi connectivity index (χ3v) is 6.34. The van der Waals surface area contributed by atoms with Crippen LogP contribution in [0.3, 0.4) is 0 Å². The Bertz CT molecular complexity index is 910. The molecule has 0 saturated carbocycles. The van der Waals surface area contributed by atoms with Gasteiger partial charge in [0.25, 0.3) is 0 Å². The number of ether oxygens (including phenoxy) is 1. The van der Waals surface area contributed by atoms with Crippen molar-refractivity contribution < 1.29 is 17.9 Å². The standard InChI is InChI=1S/C19H20ClNO4S/c1-13-2-5-16(6-3-13)25-18-7-4-15(20)11-17(18)21-19(22)10-14-8-9-26(23,24)12-14/h2-7,11,14H,8-10,12H2,1H3,(H,21,22). The molecule has 1 saturated heterocycles. The summed E-state index contributed by atoms with van der Waals surface area (Å²) in [5.41, 5.74) is 1.58. The van der Waals surface area contributed by atoms with E-state index >= 15 is 0 Å². The second kappa shape index (κ2) is 7.68. The molecule has 0 aromatic heterocycles. The number of hydrogen-bond acceptors (Lipinski definition) is 4. The van der Waals surface area contributed by atoms with Crippen LogP contribution in [0.4, 0.5) is 5.69 Å². The molecular formula is C19H20ClNO4S. The predicted molar refractivity (Wildman–Crippen MR) is 103 cm³/mol. The molecule has 0 spiro atoms. The van der Waals surface area contributed by atoms with Crippen molar-refractivity contribution in [3.8, 4) is 11.5 Å². The van der Waals surface area contributed by atoms with E-state index in [1.165, 1.54) is 0 Å². The van der Waals surface area contributed by atoms with Gasteiger partial charge < -0.3 is 10.1 Å². The molecule has 2 aromatic carbocycles. The maximum atomic E-state index is 12.3. The van der Waals surface area contributed by atoms with E-state index in [1.807, 2.05) is 31.2 Å². The zero-order valence-corrected chi connectivity index (χ0v) is 15.9. The number of rotatable bonds is 5. The van der Waals surface area contributed by atoms with E-state index in [0.717, 1.165) is 5.56 Å². The first kappa shape index (κ1) is 18.7. The Morgan fingerprint density at radius 1 is 1.23 bits per heavy atom. The summed E-state index contributed by atoms with van der Waals surface area (Å²) >= 11 is 6.05. The van der Waals surface area contributed by atoms with Gasteiger partial charge in [0.05, 0.1) is 17.2 Å². The maximum absolute atomic E-state index is 12.3. The average Bonchev–Trinajstić information content (AvgIpc) is 2.90. The zero-order chi connectivity index (χ0) is 18.7. The first-order valence-electron chi connectivity index (χ1n) is 8.35. The van der Waals surface area contributed by atoms with Crippen LogP contribution >= 0.6 is 11.6 Å². The SMILES string of the molecule is Cc1ccc(Oc2ccc(Cl)cc2NC(=O)CC2CCS(=O)(=O)C2)cc1. The van der Waals surface area contributed by atoms with Gasteiger partial charge in [0, 0.05) is 11.4 Å². The molecule has 0 aliphatic carbocycles. The number of sulfone groups is 1. The number of benzene rings is 2. The molecule has 2 aromatic rings. The topological polar surface area (TPSA) is 72.5 Å². The molecule has 5 nitrogen and oxygen atoms in total. The summed E-state index contributed by atoms with van der Waals surface area (Å²) in [5, 5.41) is 3.27. The van der Waals surface area contributed by atoms with Crippen molar-refractivity contribution in [2.45, 2.75) is 19.8 Å². The van der Waals surface area contributed by atoms with Crippen LogP contribution in [0, 0.1) is 12.8 Å². The largest absolute Gasteiger partial charge is 0.455 e. The molecule has 7 heteroatoms. The monoisotopic (exact) mass is 393 g/mol. The molecule has 1 atom stereocenters. The highest BCUT2D eigenvalue weighted by Gasteiger charge is 2.29. The summed E-state index contributed by atoms with van der Waals surface area (Å²) < 4.78 is 28.9. The van der Waals surface area contributed by atoms with Gasteiger partial charge in [-0.15, -0.1) is 0 Å². The van der Waals surface area contributed by atoms with Gasteiger partial charge in [0.15, 0.2) is 15.6 Å². The first-order chi connectivity index (χ1) is 12.3. The lowest BCUT2D eigenvalue weighted by Gasteiger charge is -2.14. The van der Waals surface area contributed by atoms with E-state index in [1.54, 1.807) is 18.2 Å². The average molecular weight is 394 g/mol. The van der Waals surface area contributed by atoms with Crippen molar-refractivity contribution in [3.63, 3.8) is 0 Å². The van der Waals surface area contributed by atoms with Crippen LogP contribution in [-0.2, 0) is 14.6 Å².